The van der Waals surface area contributed by atoms with Gasteiger partial charge in [-0.3, -0.25) is 4.79 Å². The van der Waals surface area contributed by atoms with Crippen LogP contribution in [0.25, 0.3) is 0 Å². The molecule has 1 amide bonds. The van der Waals surface area contributed by atoms with Gasteiger partial charge in [0, 0.05) is 17.2 Å². The van der Waals surface area contributed by atoms with Crippen LogP contribution < -0.4 is 11.1 Å². The summed E-state index contributed by atoms with van der Waals surface area (Å²) in [6.07, 6.45) is 5.90. The van der Waals surface area contributed by atoms with E-state index in [2.05, 4.69) is 12.2 Å². The molecule has 2 atom stereocenters. The molecule has 0 heterocycles. The Morgan fingerprint density at radius 1 is 1.35 bits per heavy atom. The Morgan fingerprint density at radius 3 is 2.75 bits per heavy atom. The van der Waals surface area contributed by atoms with Crippen LogP contribution in [0, 0.1) is 5.92 Å². The predicted molar refractivity (Wildman–Crippen MR) is 85.8 cm³/mol. The first kappa shape index (κ1) is 15.0. The molecule has 0 radical (unpaired) electrons. The molecular formula is C16H22N2OS. The van der Waals surface area contributed by atoms with Crippen LogP contribution in [0.3, 0.4) is 0 Å². The summed E-state index contributed by atoms with van der Waals surface area (Å²) in [6, 6.07) is 7.52. The largest absolute Gasteiger partial charge is 0.389 e. The molecule has 1 saturated carbocycles. The standard InChI is InChI=1S/C16H22N2OS/c1-2-11-6-3-4-9-14(11)18-16(19)13-8-5-7-12(10-13)15(17)20/h5,7-8,10-11,14H,2-4,6,9H2,1H3,(H2,17,20)(H,18,19). The van der Waals surface area contributed by atoms with Crippen LogP contribution >= 0.6 is 12.2 Å². The lowest BCUT2D eigenvalue weighted by atomic mass is 9.83. The number of carbonyl (C=O) groups is 1. The molecule has 0 aliphatic heterocycles. The van der Waals surface area contributed by atoms with Gasteiger partial charge in [0.1, 0.15) is 4.99 Å². The number of hydrogen-bond donors (Lipinski definition) is 2. The molecule has 1 aliphatic rings. The van der Waals surface area contributed by atoms with Gasteiger partial charge in [-0.25, -0.2) is 0 Å². The molecule has 0 saturated heterocycles. The predicted octanol–water partition coefficient (Wildman–Crippen LogP) is 3.02. The van der Waals surface area contributed by atoms with Gasteiger partial charge < -0.3 is 11.1 Å². The van der Waals surface area contributed by atoms with Gasteiger partial charge in [0.05, 0.1) is 0 Å². The number of nitrogens with one attached hydrogen (secondary N) is 1. The second-order valence-corrected chi connectivity index (χ2v) is 5.92. The van der Waals surface area contributed by atoms with E-state index in [0.717, 1.165) is 18.4 Å². The lowest BCUT2D eigenvalue weighted by Gasteiger charge is -2.31. The van der Waals surface area contributed by atoms with Gasteiger partial charge in [-0.05, 0) is 30.9 Å². The molecule has 1 aromatic carbocycles. The Balaban J connectivity index is 2.07. The van der Waals surface area contributed by atoms with E-state index in [0.29, 0.717) is 22.5 Å². The fourth-order valence-corrected chi connectivity index (χ4v) is 3.08. The molecular weight excluding hydrogens is 268 g/mol. The second-order valence-electron chi connectivity index (χ2n) is 5.48. The molecule has 2 rings (SSSR count). The average Bonchev–Trinajstić information content (AvgIpc) is 2.48. The van der Waals surface area contributed by atoms with E-state index in [9.17, 15) is 4.79 Å². The summed E-state index contributed by atoms with van der Waals surface area (Å²) >= 11 is 4.95. The second kappa shape index (κ2) is 6.84. The highest BCUT2D eigenvalue weighted by Gasteiger charge is 2.25. The fourth-order valence-electron chi connectivity index (χ4n) is 2.95. The fraction of sp³-hybridized carbons (Fsp3) is 0.500. The highest BCUT2D eigenvalue weighted by molar-refractivity contribution is 7.80. The van der Waals surface area contributed by atoms with E-state index in [-0.39, 0.29) is 5.91 Å². The minimum atomic E-state index is -0.0200. The van der Waals surface area contributed by atoms with Crippen LogP contribution in [0.5, 0.6) is 0 Å². The Hall–Kier alpha value is -1.42. The number of thiocarbonyl (C=S) groups is 1. The van der Waals surface area contributed by atoms with Gasteiger partial charge in [-0.1, -0.05) is 50.5 Å². The Bertz CT molecular complexity index is 501. The Kier molecular flexibility index (Phi) is 5.12. The molecule has 1 fully saturated rings. The van der Waals surface area contributed by atoms with Gasteiger partial charge in [-0.2, -0.15) is 0 Å². The van der Waals surface area contributed by atoms with Crippen molar-refractivity contribution in [3.63, 3.8) is 0 Å². The first-order chi connectivity index (χ1) is 9.61. The summed E-state index contributed by atoms with van der Waals surface area (Å²) in [4.78, 5) is 12.7. The minimum absolute atomic E-state index is 0.0200. The van der Waals surface area contributed by atoms with Crippen molar-refractivity contribution in [2.45, 2.75) is 45.1 Å². The van der Waals surface area contributed by atoms with Crippen molar-refractivity contribution in [3.05, 3.63) is 35.4 Å². The van der Waals surface area contributed by atoms with Gasteiger partial charge in [-0.15, -0.1) is 0 Å². The number of benzene rings is 1. The molecule has 108 valence electrons. The summed E-state index contributed by atoms with van der Waals surface area (Å²) < 4.78 is 0. The van der Waals surface area contributed by atoms with Crippen LogP contribution in [0.4, 0.5) is 0 Å². The highest BCUT2D eigenvalue weighted by Crippen LogP contribution is 2.27. The van der Waals surface area contributed by atoms with Crippen LogP contribution in [0.2, 0.25) is 0 Å². The van der Waals surface area contributed by atoms with Crippen LogP contribution in [0.15, 0.2) is 24.3 Å². The zero-order valence-corrected chi connectivity index (χ0v) is 12.7. The van der Waals surface area contributed by atoms with E-state index < -0.39 is 0 Å². The highest BCUT2D eigenvalue weighted by atomic mass is 32.1. The maximum atomic E-state index is 12.4. The van der Waals surface area contributed by atoms with Crippen molar-refractivity contribution in [3.8, 4) is 0 Å². The van der Waals surface area contributed by atoms with E-state index in [1.165, 1.54) is 19.3 Å². The monoisotopic (exact) mass is 290 g/mol. The third-order valence-electron chi connectivity index (χ3n) is 4.16. The molecule has 0 aromatic heterocycles. The van der Waals surface area contributed by atoms with Gasteiger partial charge in [0.25, 0.3) is 5.91 Å². The first-order valence-electron chi connectivity index (χ1n) is 7.32. The SMILES string of the molecule is CCC1CCCCC1NC(=O)c1cccc(C(N)=S)c1. The molecule has 0 spiro atoms. The zero-order valence-electron chi connectivity index (χ0n) is 11.9. The molecule has 3 nitrogen and oxygen atoms in total. The lowest BCUT2D eigenvalue weighted by molar-refractivity contribution is 0.0904. The first-order valence-corrected chi connectivity index (χ1v) is 7.73. The van der Waals surface area contributed by atoms with Crippen molar-refractivity contribution < 1.29 is 4.79 Å². The van der Waals surface area contributed by atoms with Gasteiger partial charge >= 0.3 is 0 Å². The molecule has 1 aliphatic carbocycles. The molecule has 3 N–H and O–H groups in total. The van der Waals surface area contributed by atoms with Crippen molar-refractivity contribution in [1.82, 2.24) is 5.32 Å². The normalized spacial score (nSPS) is 22.2. The maximum absolute atomic E-state index is 12.4. The van der Waals surface area contributed by atoms with E-state index in [1.54, 1.807) is 12.1 Å². The summed E-state index contributed by atoms with van der Waals surface area (Å²) in [6.45, 7) is 2.20. The molecule has 0 bridgehead atoms. The van der Waals surface area contributed by atoms with Gasteiger partial charge in [0.2, 0.25) is 0 Å². The quantitative estimate of drug-likeness (QED) is 0.838. The molecule has 20 heavy (non-hydrogen) atoms. The number of hydrogen-bond acceptors (Lipinski definition) is 2. The van der Waals surface area contributed by atoms with Crippen LogP contribution in [0.1, 0.15) is 54.9 Å². The number of nitrogens with two attached hydrogens (primary N) is 1. The Morgan fingerprint density at radius 2 is 2.05 bits per heavy atom. The molecule has 2 unspecified atom stereocenters. The molecule has 4 heteroatoms. The van der Waals surface area contributed by atoms with Crippen molar-refractivity contribution in [2.75, 3.05) is 0 Å². The molecule has 1 aromatic rings. The average molecular weight is 290 g/mol. The third kappa shape index (κ3) is 3.57. The zero-order chi connectivity index (χ0) is 14.5. The number of amides is 1. The van der Waals surface area contributed by atoms with E-state index >= 15 is 0 Å². The van der Waals surface area contributed by atoms with Crippen molar-refractivity contribution in [1.29, 1.82) is 0 Å². The van der Waals surface area contributed by atoms with Crippen molar-refractivity contribution in [2.24, 2.45) is 11.7 Å². The number of rotatable bonds is 4. The van der Waals surface area contributed by atoms with Crippen LogP contribution in [-0.4, -0.2) is 16.9 Å². The third-order valence-corrected chi connectivity index (χ3v) is 4.39. The summed E-state index contributed by atoms with van der Waals surface area (Å²) in [5.74, 6) is 0.583. The minimum Gasteiger partial charge on any atom is -0.389 e. The summed E-state index contributed by atoms with van der Waals surface area (Å²) in [5.41, 5.74) is 6.98. The van der Waals surface area contributed by atoms with Gasteiger partial charge in [0.15, 0.2) is 0 Å². The van der Waals surface area contributed by atoms with E-state index in [4.69, 9.17) is 18.0 Å². The topological polar surface area (TPSA) is 55.1 Å². The lowest BCUT2D eigenvalue weighted by Crippen LogP contribution is -2.41. The summed E-state index contributed by atoms with van der Waals surface area (Å²) in [7, 11) is 0. The van der Waals surface area contributed by atoms with Crippen LogP contribution in [-0.2, 0) is 0 Å². The van der Waals surface area contributed by atoms with E-state index in [1.807, 2.05) is 12.1 Å². The van der Waals surface area contributed by atoms with Crippen molar-refractivity contribution >= 4 is 23.1 Å². The smallest absolute Gasteiger partial charge is 0.251 e. The summed E-state index contributed by atoms with van der Waals surface area (Å²) in [5, 5.41) is 3.18. The maximum Gasteiger partial charge on any atom is 0.251 e. The Labute approximate surface area is 125 Å². The number of carbonyl (C=O) groups excluding carboxylic acids is 1.